The molecule has 0 spiro atoms. The smallest absolute Gasteiger partial charge is 0.407 e. The Kier molecular flexibility index (Phi) is 14.0. The lowest BCUT2D eigenvalue weighted by atomic mass is 9.81. The van der Waals surface area contributed by atoms with Crippen molar-refractivity contribution < 1.29 is 33.7 Å². The van der Waals surface area contributed by atoms with Crippen molar-refractivity contribution in [2.45, 2.75) is 56.9 Å². The van der Waals surface area contributed by atoms with Gasteiger partial charge >= 0.3 is 6.09 Å². The molecule has 1 fully saturated rings. The van der Waals surface area contributed by atoms with E-state index in [0.29, 0.717) is 43.1 Å². The van der Waals surface area contributed by atoms with Gasteiger partial charge in [0.1, 0.15) is 29.2 Å². The first-order chi connectivity index (χ1) is 26.6. The maximum absolute atomic E-state index is 15.4. The number of nitrogens with zero attached hydrogens (tertiary/aromatic N) is 5. The van der Waals surface area contributed by atoms with E-state index in [0.717, 1.165) is 28.7 Å². The fourth-order valence-electron chi connectivity index (χ4n) is 6.90. The van der Waals surface area contributed by atoms with Gasteiger partial charge in [-0.25, -0.2) is 14.2 Å². The average Bonchev–Trinajstić information content (AvgIpc) is 3.52. The van der Waals surface area contributed by atoms with Gasteiger partial charge in [-0.3, -0.25) is 9.59 Å². The van der Waals surface area contributed by atoms with Crippen molar-refractivity contribution >= 4 is 41.1 Å². The largest absolute Gasteiger partial charge is 0.465 e. The minimum absolute atomic E-state index is 0.0424. The number of rotatable bonds is 15. The van der Waals surface area contributed by atoms with Gasteiger partial charge in [0.15, 0.2) is 0 Å². The topological polar surface area (TPSA) is 152 Å². The Morgan fingerprint density at radius 2 is 1.75 bits per heavy atom. The van der Waals surface area contributed by atoms with Crippen molar-refractivity contribution in [1.29, 1.82) is 0 Å². The summed E-state index contributed by atoms with van der Waals surface area (Å²) in [7, 11) is 7.46. The molecule has 2 heterocycles. The molecule has 4 N–H and O–H groups in total. The van der Waals surface area contributed by atoms with Crippen molar-refractivity contribution in [2.75, 3.05) is 40.8 Å². The van der Waals surface area contributed by atoms with Crippen LogP contribution in [0.25, 0.3) is 11.3 Å². The van der Waals surface area contributed by atoms with E-state index in [2.05, 4.69) is 15.6 Å². The molecule has 13 nitrogen and oxygen atoms in total. The fourth-order valence-corrected chi connectivity index (χ4v) is 7.22. The number of hydrogen-bond donors (Lipinski definition) is 4. The summed E-state index contributed by atoms with van der Waals surface area (Å²) in [5.41, 5.74) is 1.85. The molecular weight excluding hydrogens is 764 g/mol. The molecule has 0 saturated carbocycles. The zero-order valence-corrected chi connectivity index (χ0v) is 33.6. The van der Waals surface area contributed by atoms with Crippen LogP contribution in [0.1, 0.15) is 36.7 Å². The second kappa shape index (κ2) is 18.5. The molecule has 1 aliphatic rings. The van der Waals surface area contributed by atoms with E-state index in [1.807, 2.05) is 61.1 Å². The van der Waals surface area contributed by atoms with E-state index in [1.54, 1.807) is 38.2 Å². The lowest BCUT2D eigenvalue weighted by molar-refractivity contribution is -0.143. The molecule has 0 radical (unpaired) electrons. The molecule has 0 bridgehead atoms. The summed E-state index contributed by atoms with van der Waals surface area (Å²) in [6, 6.07) is 14.7. The maximum atomic E-state index is 15.4. The molecule has 1 aliphatic heterocycles. The molecule has 1 aromatic heterocycles. The average molecular weight is 813 g/mol. The number of aliphatic hydroxyl groups excluding tert-OH is 1. The summed E-state index contributed by atoms with van der Waals surface area (Å²) in [5.74, 6) is -0.355. The molecule has 3 aromatic carbocycles. The van der Waals surface area contributed by atoms with Crippen LogP contribution in [-0.4, -0.2) is 111 Å². The van der Waals surface area contributed by atoms with Gasteiger partial charge in [-0.15, -0.1) is 0 Å². The van der Waals surface area contributed by atoms with Gasteiger partial charge in [-0.2, -0.15) is 0 Å². The van der Waals surface area contributed by atoms with Crippen LogP contribution < -0.4 is 15.4 Å². The normalized spacial score (nSPS) is 16.7. The van der Waals surface area contributed by atoms with Crippen LogP contribution in [0.15, 0.2) is 66.9 Å². The summed E-state index contributed by atoms with van der Waals surface area (Å²) in [4.78, 5) is 48.7. The number of benzene rings is 3. The quantitative estimate of drug-likeness (QED) is 0.121. The van der Waals surface area contributed by atoms with Gasteiger partial charge in [0.25, 0.3) is 0 Å². The van der Waals surface area contributed by atoms with E-state index >= 15 is 4.39 Å². The molecule has 3 amide bonds. The standard InChI is InChI=1S/C40H48Cl2FN7O6/c1-25(37(52)46-33(23-51)38(53)49(5)40(15-6-16-50(24-40)39(54)55)19-26-7-11-28(41)12-8-26)44-20-31-32(43)17-29(42)18-35(31)56-30-13-9-27(10-14-30)34-21-45-36(48(34)4)22-47(2)3/h7-14,17-18,21,25,33,44,51H,6,15-16,19-20,22-24H2,1-5H3,(H,46,52)(H,54,55). The number of piperidine rings is 1. The Labute approximate surface area is 336 Å². The summed E-state index contributed by atoms with van der Waals surface area (Å²) >= 11 is 12.3. The first-order valence-electron chi connectivity index (χ1n) is 18.2. The predicted molar refractivity (Wildman–Crippen MR) is 212 cm³/mol. The minimum atomic E-state index is -1.33. The number of likely N-dealkylation sites (N-methyl/N-ethyl adjacent to an activating group) is 1. The highest BCUT2D eigenvalue weighted by Crippen LogP contribution is 2.34. The van der Waals surface area contributed by atoms with Crippen molar-refractivity contribution in [3.05, 3.63) is 99.7 Å². The Hall–Kier alpha value is -4.73. The van der Waals surface area contributed by atoms with Crippen LogP contribution in [0, 0.1) is 5.82 Å². The number of aromatic nitrogens is 2. The second-order valence-electron chi connectivity index (χ2n) is 14.4. The number of carboxylic acid groups (broad SMARTS) is 1. The second-order valence-corrected chi connectivity index (χ2v) is 15.3. The van der Waals surface area contributed by atoms with Crippen LogP contribution in [0.3, 0.4) is 0 Å². The molecule has 5 rings (SSSR count). The van der Waals surface area contributed by atoms with Gasteiger partial charge in [-0.05, 0) is 94.4 Å². The summed E-state index contributed by atoms with van der Waals surface area (Å²) in [6.45, 7) is 1.75. The third kappa shape index (κ3) is 10.2. The maximum Gasteiger partial charge on any atom is 0.407 e. The number of amides is 3. The molecule has 4 aromatic rings. The first kappa shape index (κ1) is 42.4. The number of hydrogen-bond acceptors (Lipinski definition) is 8. The summed E-state index contributed by atoms with van der Waals surface area (Å²) in [6.07, 6.45) is 2.04. The Bertz CT molecular complexity index is 2010. The van der Waals surface area contributed by atoms with Crippen LogP contribution in [0.2, 0.25) is 10.0 Å². The first-order valence-corrected chi connectivity index (χ1v) is 18.9. The number of ether oxygens (including phenoxy) is 1. The molecule has 3 atom stereocenters. The number of halogens is 3. The SMILES string of the molecule is CC(NCc1c(F)cc(Cl)cc1Oc1ccc(-c2cnc(CN(C)C)n2C)cc1)C(=O)NC(CO)C(=O)N(C)C1(Cc2ccc(Cl)cc2)CCCN(C(=O)O)C1. The van der Waals surface area contributed by atoms with Crippen LogP contribution in [-0.2, 0) is 36.1 Å². The highest BCUT2D eigenvalue weighted by Gasteiger charge is 2.44. The van der Waals surface area contributed by atoms with E-state index in [1.165, 1.54) is 15.9 Å². The highest BCUT2D eigenvalue weighted by molar-refractivity contribution is 6.31. The van der Waals surface area contributed by atoms with Gasteiger partial charge in [0, 0.05) is 54.9 Å². The number of carbonyl (C=O) groups is 3. The highest BCUT2D eigenvalue weighted by atomic mass is 35.5. The third-order valence-electron chi connectivity index (χ3n) is 10.1. The van der Waals surface area contributed by atoms with Crippen molar-refractivity contribution in [1.82, 2.24) is 34.9 Å². The zero-order valence-electron chi connectivity index (χ0n) is 32.1. The lowest BCUT2D eigenvalue weighted by Gasteiger charge is -2.48. The van der Waals surface area contributed by atoms with Crippen molar-refractivity contribution in [3.63, 3.8) is 0 Å². The van der Waals surface area contributed by atoms with Crippen LogP contribution in [0.5, 0.6) is 11.5 Å². The molecule has 1 saturated heterocycles. The molecular formula is C40H48Cl2FN7O6. The fraction of sp³-hybridized carbons (Fsp3) is 0.400. The van der Waals surface area contributed by atoms with Gasteiger partial charge < -0.3 is 44.9 Å². The molecule has 300 valence electrons. The van der Waals surface area contributed by atoms with Gasteiger partial charge in [-0.1, -0.05) is 35.3 Å². The number of likely N-dealkylation sites (tertiary alicyclic amines) is 1. The van der Waals surface area contributed by atoms with Crippen LogP contribution in [0.4, 0.5) is 9.18 Å². The Morgan fingerprint density at radius 3 is 2.39 bits per heavy atom. The monoisotopic (exact) mass is 811 g/mol. The predicted octanol–water partition coefficient (Wildman–Crippen LogP) is 5.56. The van der Waals surface area contributed by atoms with Crippen molar-refractivity contribution in [2.24, 2.45) is 7.05 Å². The Morgan fingerprint density at radius 1 is 1.05 bits per heavy atom. The lowest BCUT2D eigenvalue weighted by Crippen LogP contribution is -2.64. The van der Waals surface area contributed by atoms with Crippen LogP contribution >= 0.6 is 23.2 Å². The van der Waals surface area contributed by atoms with Gasteiger partial charge in [0.05, 0.1) is 36.6 Å². The molecule has 0 aliphatic carbocycles. The number of imidazole rings is 1. The van der Waals surface area contributed by atoms with E-state index in [9.17, 15) is 24.6 Å². The van der Waals surface area contributed by atoms with Crippen molar-refractivity contribution in [3.8, 4) is 22.8 Å². The van der Waals surface area contributed by atoms with Gasteiger partial charge in [0.2, 0.25) is 11.8 Å². The summed E-state index contributed by atoms with van der Waals surface area (Å²) in [5, 5.41) is 26.4. The molecule has 56 heavy (non-hydrogen) atoms. The zero-order chi connectivity index (χ0) is 40.7. The summed E-state index contributed by atoms with van der Waals surface area (Å²) < 4.78 is 23.5. The van der Waals surface area contributed by atoms with E-state index in [4.69, 9.17) is 27.9 Å². The van der Waals surface area contributed by atoms with E-state index in [-0.39, 0.29) is 29.4 Å². The Balaban J connectivity index is 1.25. The minimum Gasteiger partial charge on any atom is -0.465 e. The number of aliphatic hydroxyl groups is 1. The molecule has 3 unspecified atom stereocenters. The third-order valence-corrected chi connectivity index (χ3v) is 10.6. The van der Waals surface area contributed by atoms with E-state index < -0.39 is 48.0 Å². The number of carbonyl (C=O) groups excluding carboxylic acids is 2. The number of nitrogens with one attached hydrogen (secondary N) is 2. The molecule has 16 heteroatoms.